The van der Waals surface area contributed by atoms with Gasteiger partial charge in [0.1, 0.15) is 0 Å². The SMILES string of the molecule is CCCCCCCCCCCCCCCC(=O)OC(=O)CNC.[H-].[Na+]. The van der Waals surface area contributed by atoms with Gasteiger partial charge < -0.3 is 11.5 Å². The molecular weight excluding hydrogens is 313 g/mol. The second kappa shape index (κ2) is 21.1. The molecule has 0 amide bonds. The maximum atomic E-state index is 11.4. The predicted octanol–water partition coefficient (Wildman–Crippen LogP) is 1.87. The molecule has 0 aromatic rings. The molecule has 5 heteroatoms. The number of likely N-dealkylation sites (N-methyl/N-ethyl adjacent to an activating group) is 1. The van der Waals surface area contributed by atoms with Gasteiger partial charge in [0, 0.05) is 6.42 Å². The Morgan fingerprint density at radius 2 is 1.17 bits per heavy atom. The summed E-state index contributed by atoms with van der Waals surface area (Å²) in [6, 6.07) is 0. The zero-order chi connectivity index (χ0) is 17.2. The number of rotatable bonds is 16. The Labute approximate surface area is 172 Å². The Balaban J connectivity index is -0.00000242. The van der Waals surface area contributed by atoms with E-state index in [4.69, 9.17) is 0 Å². The molecule has 0 aliphatic heterocycles. The van der Waals surface area contributed by atoms with Gasteiger partial charge in [-0.15, -0.1) is 0 Å². The largest absolute Gasteiger partial charge is 1.00 e. The first-order valence-corrected chi connectivity index (χ1v) is 9.58. The molecule has 0 radical (unpaired) electrons. The van der Waals surface area contributed by atoms with E-state index in [1.165, 1.54) is 70.6 Å². The van der Waals surface area contributed by atoms with Crippen LogP contribution in [0, 0.1) is 0 Å². The quantitative estimate of drug-likeness (QED) is 0.200. The summed E-state index contributed by atoms with van der Waals surface area (Å²) in [6.45, 7) is 2.34. The molecule has 4 nitrogen and oxygen atoms in total. The van der Waals surface area contributed by atoms with E-state index in [1.54, 1.807) is 7.05 Å². The van der Waals surface area contributed by atoms with E-state index < -0.39 is 11.9 Å². The van der Waals surface area contributed by atoms with Crippen molar-refractivity contribution in [2.45, 2.75) is 96.8 Å². The summed E-state index contributed by atoms with van der Waals surface area (Å²) in [6.07, 6.45) is 17.0. The fraction of sp³-hybridized carbons (Fsp3) is 0.895. The Morgan fingerprint density at radius 1 is 0.750 bits per heavy atom. The van der Waals surface area contributed by atoms with Gasteiger partial charge in [-0.05, 0) is 13.5 Å². The average molecular weight is 352 g/mol. The predicted molar refractivity (Wildman–Crippen MR) is 96.4 cm³/mol. The molecule has 0 heterocycles. The number of unbranched alkanes of at least 4 members (excludes halogenated alkanes) is 12. The van der Waals surface area contributed by atoms with Gasteiger partial charge in [-0.25, -0.2) is 0 Å². The monoisotopic (exact) mass is 351 g/mol. The van der Waals surface area contributed by atoms with E-state index >= 15 is 0 Å². The number of esters is 2. The molecule has 0 atom stereocenters. The van der Waals surface area contributed by atoms with Crippen LogP contribution in [0.5, 0.6) is 0 Å². The molecule has 0 aromatic carbocycles. The van der Waals surface area contributed by atoms with Crippen LogP contribution in [-0.2, 0) is 14.3 Å². The van der Waals surface area contributed by atoms with E-state index in [0.717, 1.165) is 12.8 Å². The topological polar surface area (TPSA) is 55.4 Å². The third-order valence-corrected chi connectivity index (χ3v) is 4.03. The number of hydrogen-bond acceptors (Lipinski definition) is 4. The minimum absolute atomic E-state index is 0. The van der Waals surface area contributed by atoms with Crippen molar-refractivity contribution in [1.29, 1.82) is 0 Å². The fourth-order valence-corrected chi connectivity index (χ4v) is 2.65. The van der Waals surface area contributed by atoms with Crippen LogP contribution in [0.3, 0.4) is 0 Å². The number of hydrogen-bond donors (Lipinski definition) is 1. The van der Waals surface area contributed by atoms with Crippen molar-refractivity contribution in [3.8, 4) is 0 Å². The average Bonchev–Trinajstić information content (AvgIpc) is 2.52. The molecule has 138 valence electrons. The summed E-state index contributed by atoms with van der Waals surface area (Å²) >= 11 is 0. The standard InChI is InChI=1S/C19H37NO3.Na.H/c1-3-4-5-6-7-8-9-10-11-12-13-14-15-16-18(21)23-19(22)17-20-2;;/h20H,3-17H2,1-2H3;;/q;+1;-1. The number of carbonyl (C=O) groups excluding carboxylic acids is 2. The minimum atomic E-state index is -0.493. The van der Waals surface area contributed by atoms with Crippen LogP contribution in [0.15, 0.2) is 0 Å². The van der Waals surface area contributed by atoms with E-state index in [1.807, 2.05) is 0 Å². The second-order valence-corrected chi connectivity index (χ2v) is 6.37. The van der Waals surface area contributed by atoms with Gasteiger partial charge >= 0.3 is 41.5 Å². The van der Waals surface area contributed by atoms with E-state index in [2.05, 4.69) is 17.0 Å². The summed E-state index contributed by atoms with van der Waals surface area (Å²) in [4.78, 5) is 22.4. The van der Waals surface area contributed by atoms with Crippen LogP contribution in [0.25, 0.3) is 0 Å². The van der Waals surface area contributed by atoms with Gasteiger partial charge in [0.05, 0.1) is 6.54 Å². The van der Waals surface area contributed by atoms with Gasteiger partial charge in [0.25, 0.3) is 0 Å². The van der Waals surface area contributed by atoms with Crippen molar-refractivity contribution < 1.29 is 45.3 Å². The number of carbonyl (C=O) groups is 2. The zero-order valence-electron chi connectivity index (χ0n) is 17.3. The van der Waals surface area contributed by atoms with Crippen LogP contribution in [-0.4, -0.2) is 25.5 Å². The molecule has 0 fully saturated rings. The number of ether oxygens (including phenoxy) is 1. The molecule has 0 rings (SSSR count). The van der Waals surface area contributed by atoms with Crippen molar-refractivity contribution >= 4 is 11.9 Å². The van der Waals surface area contributed by atoms with Crippen molar-refractivity contribution in [3.63, 3.8) is 0 Å². The first-order chi connectivity index (χ1) is 11.2. The summed E-state index contributed by atoms with van der Waals surface area (Å²) < 4.78 is 4.66. The molecular formula is C19H38NNaO3. The van der Waals surface area contributed by atoms with Crippen LogP contribution in [0.2, 0.25) is 0 Å². The Kier molecular flexibility index (Phi) is 23.2. The maximum absolute atomic E-state index is 11.4. The minimum Gasteiger partial charge on any atom is -1.00 e. The van der Waals surface area contributed by atoms with E-state index in [0.29, 0.717) is 6.42 Å². The summed E-state index contributed by atoms with van der Waals surface area (Å²) in [7, 11) is 1.65. The smallest absolute Gasteiger partial charge is 1.00 e. The molecule has 0 aliphatic carbocycles. The van der Waals surface area contributed by atoms with Crippen molar-refractivity contribution in [1.82, 2.24) is 5.32 Å². The fourth-order valence-electron chi connectivity index (χ4n) is 2.65. The van der Waals surface area contributed by atoms with E-state index in [-0.39, 0.29) is 37.5 Å². The van der Waals surface area contributed by atoms with Crippen LogP contribution in [0.4, 0.5) is 0 Å². The summed E-state index contributed by atoms with van der Waals surface area (Å²) in [5.74, 6) is -0.888. The third-order valence-electron chi connectivity index (χ3n) is 4.03. The van der Waals surface area contributed by atoms with Crippen molar-refractivity contribution in [3.05, 3.63) is 0 Å². The molecule has 0 aliphatic rings. The Morgan fingerprint density at radius 3 is 1.58 bits per heavy atom. The van der Waals surface area contributed by atoms with Gasteiger partial charge in [-0.3, -0.25) is 9.59 Å². The third kappa shape index (κ3) is 20.1. The molecule has 24 heavy (non-hydrogen) atoms. The summed E-state index contributed by atoms with van der Waals surface area (Å²) in [5, 5.41) is 2.66. The van der Waals surface area contributed by atoms with Gasteiger partial charge in [0.15, 0.2) is 0 Å². The van der Waals surface area contributed by atoms with Crippen LogP contribution in [0.1, 0.15) is 98.2 Å². The Bertz CT molecular complexity index is 304. The van der Waals surface area contributed by atoms with Gasteiger partial charge in [0.2, 0.25) is 0 Å². The molecule has 0 aromatic heterocycles. The van der Waals surface area contributed by atoms with Gasteiger partial charge in [-0.2, -0.15) is 0 Å². The zero-order valence-corrected chi connectivity index (χ0v) is 18.3. The molecule has 0 saturated carbocycles. The number of nitrogens with one attached hydrogen (secondary N) is 1. The first kappa shape index (κ1) is 26.3. The molecule has 0 saturated heterocycles. The molecule has 0 bridgehead atoms. The molecule has 0 unspecified atom stereocenters. The maximum Gasteiger partial charge on any atom is 1.00 e. The summed E-state index contributed by atoms with van der Waals surface area (Å²) in [5.41, 5.74) is 0. The second-order valence-electron chi connectivity index (χ2n) is 6.37. The van der Waals surface area contributed by atoms with Crippen molar-refractivity contribution in [2.75, 3.05) is 13.6 Å². The normalized spacial score (nSPS) is 10.2. The first-order valence-electron chi connectivity index (χ1n) is 9.58. The van der Waals surface area contributed by atoms with E-state index in [9.17, 15) is 9.59 Å². The van der Waals surface area contributed by atoms with Crippen LogP contribution < -0.4 is 34.9 Å². The van der Waals surface area contributed by atoms with Crippen LogP contribution >= 0.6 is 0 Å². The Hall–Kier alpha value is 0.1000. The molecule has 0 spiro atoms. The van der Waals surface area contributed by atoms with Gasteiger partial charge in [-0.1, -0.05) is 84.0 Å². The van der Waals surface area contributed by atoms with Crippen molar-refractivity contribution in [2.24, 2.45) is 0 Å². The molecule has 1 N–H and O–H groups in total.